The molecule has 0 bridgehead atoms. The molecule has 0 unspecified atom stereocenters. The second kappa shape index (κ2) is 7.83. The lowest BCUT2D eigenvalue weighted by molar-refractivity contribution is -0.140. The zero-order valence-electron chi connectivity index (χ0n) is 14.9. The lowest BCUT2D eigenvalue weighted by atomic mass is 10.1. The molecule has 0 saturated heterocycles. The molecule has 0 aliphatic carbocycles. The molecule has 0 atom stereocenters. The minimum Gasteiger partial charge on any atom is -0.494 e. The topological polar surface area (TPSA) is 118 Å². The lowest BCUT2D eigenvalue weighted by Gasteiger charge is -2.32. The smallest absolute Gasteiger partial charge is 0.355 e. The van der Waals surface area contributed by atoms with Crippen LogP contribution < -0.4 is 9.64 Å². The Morgan fingerprint density at radius 2 is 1.93 bits per heavy atom. The van der Waals surface area contributed by atoms with Crippen molar-refractivity contribution in [3.8, 4) is 11.4 Å². The Balaban J connectivity index is 2.10. The third-order valence-electron chi connectivity index (χ3n) is 3.90. The third-order valence-corrected chi connectivity index (χ3v) is 3.90. The molecule has 0 fully saturated rings. The van der Waals surface area contributed by atoms with Gasteiger partial charge in [0.15, 0.2) is 0 Å². The summed E-state index contributed by atoms with van der Waals surface area (Å²) in [5.74, 6) is -0.950. The van der Waals surface area contributed by atoms with E-state index in [9.17, 15) is 9.59 Å². The number of hydrogen-bond donors (Lipinski definition) is 0. The number of ether oxygens (including phenoxy) is 4. The van der Waals surface area contributed by atoms with Crippen LogP contribution >= 0.6 is 0 Å². The monoisotopic (exact) mass is 375 g/mol. The van der Waals surface area contributed by atoms with Gasteiger partial charge in [0.2, 0.25) is 0 Å². The average Bonchev–Trinajstić information content (AvgIpc) is 3.26. The van der Waals surface area contributed by atoms with Gasteiger partial charge in [-0.1, -0.05) is 0 Å². The summed E-state index contributed by atoms with van der Waals surface area (Å²) >= 11 is 0. The normalized spacial score (nSPS) is 14.1. The van der Waals surface area contributed by atoms with Crippen molar-refractivity contribution in [2.75, 3.05) is 39.6 Å². The molecule has 2 aromatic rings. The number of aromatic nitrogens is 4. The van der Waals surface area contributed by atoms with Crippen LogP contribution in [0.5, 0.6) is 5.75 Å². The van der Waals surface area contributed by atoms with Gasteiger partial charge in [-0.05, 0) is 22.6 Å². The average molecular weight is 375 g/mol. The summed E-state index contributed by atoms with van der Waals surface area (Å²) in [5.41, 5.74) is 1.23. The Morgan fingerprint density at radius 3 is 2.56 bits per heavy atom. The molecule has 27 heavy (non-hydrogen) atoms. The minimum atomic E-state index is -0.690. The van der Waals surface area contributed by atoms with Crippen molar-refractivity contribution < 1.29 is 28.5 Å². The number of methoxy groups -OCH3 is 3. The molecule has 0 amide bonds. The molecule has 0 saturated carbocycles. The second-order valence-corrected chi connectivity index (χ2v) is 5.33. The quantitative estimate of drug-likeness (QED) is 0.664. The van der Waals surface area contributed by atoms with E-state index in [1.807, 2.05) is 0 Å². The Morgan fingerprint density at radius 1 is 1.15 bits per heavy atom. The first-order chi connectivity index (χ1) is 13.1. The highest BCUT2D eigenvalue weighted by Crippen LogP contribution is 2.35. The van der Waals surface area contributed by atoms with Gasteiger partial charge >= 0.3 is 11.9 Å². The number of anilines is 1. The molecular weight excluding hydrogens is 358 g/mol. The number of esters is 2. The highest BCUT2D eigenvalue weighted by atomic mass is 16.5. The maximum atomic E-state index is 12.4. The molecule has 0 radical (unpaired) electrons. The van der Waals surface area contributed by atoms with E-state index in [0.29, 0.717) is 17.1 Å². The van der Waals surface area contributed by atoms with Crippen LogP contribution in [0.15, 0.2) is 35.8 Å². The SMILES string of the molecule is COC(=O)C1=C(C(=O)OC)N(c2ccc(-n3cnnn3)cc2OC)COC1. The van der Waals surface area contributed by atoms with Crippen molar-refractivity contribution in [1.29, 1.82) is 0 Å². The summed E-state index contributed by atoms with van der Waals surface area (Å²) in [7, 11) is 3.94. The molecule has 11 nitrogen and oxygen atoms in total. The van der Waals surface area contributed by atoms with E-state index >= 15 is 0 Å². The molecule has 1 aromatic heterocycles. The van der Waals surface area contributed by atoms with Crippen molar-refractivity contribution in [3.05, 3.63) is 35.8 Å². The van der Waals surface area contributed by atoms with E-state index in [2.05, 4.69) is 15.5 Å². The number of carbonyl (C=O) groups is 2. The van der Waals surface area contributed by atoms with Gasteiger partial charge in [-0.3, -0.25) is 0 Å². The molecule has 2 heterocycles. The van der Waals surface area contributed by atoms with Gasteiger partial charge < -0.3 is 23.8 Å². The standard InChI is InChI=1S/C16H17N5O6/c1-24-13-6-10(21-8-17-18-19-21)4-5-12(13)20-9-27-7-11(15(22)25-2)14(20)16(23)26-3/h4-6,8H,7,9H2,1-3H3. The van der Waals surface area contributed by atoms with Crippen molar-refractivity contribution in [2.24, 2.45) is 0 Å². The zero-order valence-corrected chi connectivity index (χ0v) is 14.9. The summed E-state index contributed by atoms with van der Waals surface area (Å²) < 4.78 is 22.0. The van der Waals surface area contributed by atoms with E-state index in [1.54, 1.807) is 18.2 Å². The predicted molar refractivity (Wildman–Crippen MR) is 90.1 cm³/mol. The van der Waals surface area contributed by atoms with Gasteiger partial charge in [0.05, 0.1) is 44.9 Å². The van der Waals surface area contributed by atoms with E-state index in [4.69, 9.17) is 18.9 Å². The van der Waals surface area contributed by atoms with Crippen molar-refractivity contribution >= 4 is 17.6 Å². The highest BCUT2D eigenvalue weighted by molar-refractivity contribution is 6.03. The van der Waals surface area contributed by atoms with E-state index in [1.165, 1.54) is 37.2 Å². The summed E-state index contributed by atoms with van der Waals surface area (Å²) in [6.45, 7) is -0.0514. The number of nitrogens with zero attached hydrogens (tertiary/aromatic N) is 5. The third kappa shape index (κ3) is 3.44. The van der Waals surface area contributed by atoms with Crippen LogP contribution in [0.4, 0.5) is 5.69 Å². The van der Waals surface area contributed by atoms with Crippen molar-refractivity contribution in [1.82, 2.24) is 20.2 Å². The summed E-state index contributed by atoms with van der Waals surface area (Å²) in [6, 6.07) is 5.12. The maximum Gasteiger partial charge on any atom is 0.355 e. The van der Waals surface area contributed by atoms with Crippen LogP contribution in [0.25, 0.3) is 5.69 Å². The molecule has 1 aliphatic heterocycles. The number of tetrazole rings is 1. The first-order valence-electron chi connectivity index (χ1n) is 7.77. The summed E-state index contributed by atoms with van der Waals surface area (Å²) in [6.07, 6.45) is 1.44. The largest absolute Gasteiger partial charge is 0.494 e. The Bertz CT molecular complexity index is 879. The lowest BCUT2D eigenvalue weighted by Crippen LogP contribution is -2.39. The van der Waals surface area contributed by atoms with Gasteiger partial charge in [0.25, 0.3) is 0 Å². The number of rotatable bonds is 5. The number of carbonyl (C=O) groups excluding carboxylic acids is 2. The summed E-state index contributed by atoms with van der Waals surface area (Å²) in [5, 5.41) is 11.0. The van der Waals surface area contributed by atoms with E-state index in [-0.39, 0.29) is 24.6 Å². The zero-order chi connectivity index (χ0) is 19.4. The molecule has 1 aliphatic rings. The van der Waals surface area contributed by atoms with Crippen LogP contribution in [0.2, 0.25) is 0 Å². The highest BCUT2D eigenvalue weighted by Gasteiger charge is 2.33. The van der Waals surface area contributed by atoms with E-state index in [0.717, 1.165) is 0 Å². The fraction of sp³-hybridized carbons (Fsp3) is 0.312. The molecule has 11 heteroatoms. The maximum absolute atomic E-state index is 12.4. The molecule has 142 valence electrons. The Kier molecular flexibility index (Phi) is 5.31. The fourth-order valence-corrected chi connectivity index (χ4v) is 2.65. The van der Waals surface area contributed by atoms with Crippen LogP contribution in [-0.4, -0.2) is 66.8 Å². The van der Waals surface area contributed by atoms with Crippen molar-refractivity contribution in [2.45, 2.75) is 0 Å². The minimum absolute atomic E-state index is 0.0194. The molecule has 0 N–H and O–H groups in total. The first-order valence-corrected chi connectivity index (χ1v) is 7.77. The summed E-state index contributed by atoms with van der Waals surface area (Å²) in [4.78, 5) is 26.0. The van der Waals surface area contributed by atoms with Crippen LogP contribution in [0.3, 0.4) is 0 Å². The van der Waals surface area contributed by atoms with Crippen LogP contribution in [0.1, 0.15) is 0 Å². The molecule has 3 rings (SSSR count). The Hall–Kier alpha value is -3.47. The Labute approximate surface area is 154 Å². The predicted octanol–water partition coefficient (Wildman–Crippen LogP) is 0.0651. The van der Waals surface area contributed by atoms with Gasteiger partial charge in [0, 0.05) is 6.07 Å². The van der Waals surface area contributed by atoms with Crippen LogP contribution in [0, 0.1) is 0 Å². The number of benzene rings is 1. The van der Waals surface area contributed by atoms with Crippen LogP contribution in [-0.2, 0) is 23.8 Å². The van der Waals surface area contributed by atoms with Gasteiger partial charge in [-0.15, -0.1) is 5.10 Å². The second-order valence-electron chi connectivity index (χ2n) is 5.33. The molecule has 1 aromatic carbocycles. The molecule has 0 spiro atoms. The fourth-order valence-electron chi connectivity index (χ4n) is 2.65. The number of hydrogen-bond acceptors (Lipinski definition) is 10. The van der Waals surface area contributed by atoms with Gasteiger partial charge in [-0.25, -0.2) is 14.3 Å². The van der Waals surface area contributed by atoms with Crippen molar-refractivity contribution in [3.63, 3.8) is 0 Å². The van der Waals surface area contributed by atoms with E-state index < -0.39 is 11.9 Å². The first kappa shape index (κ1) is 18.3. The van der Waals surface area contributed by atoms with Gasteiger partial charge in [-0.2, -0.15) is 0 Å². The molecular formula is C16H17N5O6. The van der Waals surface area contributed by atoms with Gasteiger partial charge in [0.1, 0.15) is 24.5 Å².